The highest BCUT2D eigenvalue weighted by molar-refractivity contribution is 5.84. The molecule has 1 aliphatic rings. The van der Waals surface area contributed by atoms with Crippen LogP contribution in [-0.2, 0) is 24.2 Å². The molecule has 0 saturated carbocycles. The molecule has 0 bridgehead atoms. The van der Waals surface area contributed by atoms with Crippen molar-refractivity contribution in [1.82, 2.24) is 15.4 Å². The van der Waals surface area contributed by atoms with Gasteiger partial charge in [-0.15, -0.1) is 0 Å². The van der Waals surface area contributed by atoms with Crippen molar-refractivity contribution in [3.8, 4) is 11.8 Å². The zero-order valence-electron chi connectivity index (χ0n) is 19.6. The van der Waals surface area contributed by atoms with E-state index in [9.17, 15) is 4.79 Å². The van der Waals surface area contributed by atoms with Gasteiger partial charge in [0.2, 0.25) is 0 Å². The number of hydrogen-bond acceptors (Lipinski definition) is 3. The highest BCUT2D eigenvalue weighted by Gasteiger charge is 2.32. The molecule has 0 spiro atoms. The smallest absolute Gasteiger partial charge is 0.260 e. The summed E-state index contributed by atoms with van der Waals surface area (Å²) >= 11 is 0. The van der Waals surface area contributed by atoms with Crippen LogP contribution in [0.3, 0.4) is 0 Å². The summed E-state index contributed by atoms with van der Waals surface area (Å²) in [6.45, 7) is 2.79. The molecule has 5 heteroatoms. The second kappa shape index (κ2) is 10.6. The van der Waals surface area contributed by atoms with Crippen LogP contribution in [0.25, 0.3) is 10.9 Å². The van der Waals surface area contributed by atoms with Crippen LogP contribution in [0.4, 0.5) is 0 Å². The van der Waals surface area contributed by atoms with E-state index in [0.717, 1.165) is 38.0 Å². The predicted octanol–water partition coefficient (Wildman–Crippen LogP) is 4.68. The molecule has 1 amide bonds. The molecule has 5 nitrogen and oxygen atoms in total. The number of amides is 1. The summed E-state index contributed by atoms with van der Waals surface area (Å²) < 4.78 is 0. The molecule has 0 aliphatic heterocycles. The molecule has 1 aromatic heterocycles. The van der Waals surface area contributed by atoms with E-state index in [4.69, 9.17) is 5.21 Å². The second-order valence-corrected chi connectivity index (χ2v) is 9.08. The van der Waals surface area contributed by atoms with E-state index in [1.807, 2.05) is 0 Å². The maximum absolute atomic E-state index is 11.8. The monoisotopic (exact) mass is 463 g/mol. The predicted molar refractivity (Wildman–Crippen MR) is 138 cm³/mol. The van der Waals surface area contributed by atoms with Crippen molar-refractivity contribution in [2.24, 2.45) is 5.92 Å². The molecule has 1 aliphatic carbocycles. The number of fused-ring (bicyclic) bond motifs is 1. The van der Waals surface area contributed by atoms with E-state index >= 15 is 0 Å². The number of nitrogens with zero attached hydrogens (tertiary/aromatic N) is 1. The van der Waals surface area contributed by atoms with Crippen LogP contribution in [0, 0.1) is 17.8 Å². The van der Waals surface area contributed by atoms with Crippen molar-refractivity contribution in [3.05, 3.63) is 107 Å². The Labute approximate surface area is 205 Å². The number of carbonyl (C=O) groups is 1. The fraction of sp³-hybridized carbons (Fsp3) is 0.233. The average molecular weight is 464 g/mol. The van der Waals surface area contributed by atoms with Crippen LogP contribution in [0.1, 0.15) is 28.2 Å². The normalized spacial score (nSPS) is 16.5. The third kappa shape index (κ3) is 5.30. The molecular formula is C30H29N3O2. The molecule has 1 heterocycles. The number of para-hydroxylation sites is 1. The summed E-state index contributed by atoms with van der Waals surface area (Å²) in [7, 11) is 0. The molecular weight excluding hydrogens is 434 g/mol. The van der Waals surface area contributed by atoms with E-state index in [2.05, 4.69) is 107 Å². The van der Waals surface area contributed by atoms with Gasteiger partial charge < -0.3 is 4.98 Å². The van der Waals surface area contributed by atoms with E-state index in [-0.39, 0.29) is 5.92 Å². The molecule has 3 aromatic carbocycles. The van der Waals surface area contributed by atoms with Crippen LogP contribution in [-0.4, -0.2) is 34.1 Å². The van der Waals surface area contributed by atoms with Crippen LogP contribution in [0.15, 0.2) is 85.1 Å². The van der Waals surface area contributed by atoms with E-state index in [1.54, 1.807) is 5.48 Å². The van der Waals surface area contributed by atoms with Crippen LogP contribution >= 0.6 is 0 Å². The van der Waals surface area contributed by atoms with Crippen LogP contribution in [0.5, 0.6) is 0 Å². The zero-order valence-corrected chi connectivity index (χ0v) is 19.6. The third-order valence-corrected chi connectivity index (χ3v) is 6.80. The summed E-state index contributed by atoms with van der Waals surface area (Å²) in [6.07, 6.45) is 4.11. The zero-order chi connectivity index (χ0) is 24.0. The maximum Gasteiger partial charge on any atom is 0.260 e. The highest BCUT2D eigenvalue weighted by atomic mass is 16.5. The Kier molecular flexibility index (Phi) is 6.94. The molecule has 0 radical (unpaired) electrons. The molecule has 0 saturated heterocycles. The van der Waals surface area contributed by atoms with Gasteiger partial charge in [0.15, 0.2) is 0 Å². The van der Waals surface area contributed by atoms with Crippen molar-refractivity contribution in [2.45, 2.75) is 25.3 Å². The van der Waals surface area contributed by atoms with Crippen molar-refractivity contribution < 1.29 is 10.0 Å². The lowest BCUT2D eigenvalue weighted by Crippen LogP contribution is -2.34. The fourth-order valence-corrected chi connectivity index (χ4v) is 4.72. The molecule has 3 N–H and O–H groups in total. The van der Waals surface area contributed by atoms with E-state index < -0.39 is 11.8 Å². The Bertz CT molecular complexity index is 1350. The van der Waals surface area contributed by atoms with Gasteiger partial charge in [0, 0.05) is 36.7 Å². The Hall–Kier alpha value is -3.85. The first-order valence-electron chi connectivity index (χ1n) is 12.1. The summed E-state index contributed by atoms with van der Waals surface area (Å²) in [4.78, 5) is 17.7. The Morgan fingerprint density at radius 1 is 0.886 bits per heavy atom. The number of hydrogen-bond donors (Lipinski definition) is 3. The third-order valence-electron chi connectivity index (χ3n) is 6.80. The first kappa shape index (κ1) is 22.9. The minimum absolute atomic E-state index is 0.160. The molecule has 35 heavy (non-hydrogen) atoms. The van der Waals surface area contributed by atoms with Crippen molar-refractivity contribution in [3.63, 3.8) is 0 Å². The van der Waals surface area contributed by atoms with Gasteiger partial charge in [0.25, 0.3) is 5.91 Å². The summed E-state index contributed by atoms with van der Waals surface area (Å²) in [5.74, 6) is 4.79. The average Bonchev–Trinajstić information content (AvgIpc) is 3.29. The lowest BCUT2D eigenvalue weighted by atomic mass is 9.79. The SMILES string of the molecule is O=C(NO)C1C#CC1c1ccc(CN(CCc2ccccc2)CCc2c[nH]c3ccccc23)cc1. The Morgan fingerprint density at radius 2 is 1.63 bits per heavy atom. The highest BCUT2D eigenvalue weighted by Crippen LogP contribution is 2.30. The van der Waals surface area contributed by atoms with Crippen molar-refractivity contribution in [1.29, 1.82) is 0 Å². The quantitative estimate of drug-likeness (QED) is 0.182. The first-order valence-corrected chi connectivity index (χ1v) is 12.1. The number of benzene rings is 3. The molecule has 5 rings (SSSR count). The van der Waals surface area contributed by atoms with Gasteiger partial charge in [-0.05, 0) is 41.2 Å². The maximum atomic E-state index is 11.8. The standard InChI is InChI=1S/C30H29N3O2/c34-30(32-35)28-15-14-26(28)24-12-10-23(11-13-24)21-33(18-16-22-6-2-1-3-7-22)19-17-25-20-31-29-9-5-4-8-27(25)29/h1-13,20,26,28,31,35H,16-19,21H2,(H,32,34). The molecule has 4 aromatic rings. The molecule has 2 unspecified atom stereocenters. The lowest BCUT2D eigenvalue weighted by molar-refractivity contribution is -0.132. The topological polar surface area (TPSA) is 68.4 Å². The van der Waals surface area contributed by atoms with Gasteiger partial charge in [-0.25, -0.2) is 5.48 Å². The summed E-state index contributed by atoms with van der Waals surface area (Å²) in [6, 6.07) is 27.4. The van der Waals surface area contributed by atoms with Gasteiger partial charge in [0.05, 0.1) is 5.92 Å². The Balaban J connectivity index is 1.27. The van der Waals surface area contributed by atoms with Gasteiger partial charge in [-0.1, -0.05) is 84.6 Å². The molecule has 2 atom stereocenters. The summed E-state index contributed by atoms with van der Waals surface area (Å²) in [5.41, 5.74) is 7.83. The van der Waals surface area contributed by atoms with Crippen molar-refractivity contribution in [2.75, 3.05) is 13.1 Å². The number of aromatic nitrogens is 1. The van der Waals surface area contributed by atoms with Gasteiger partial charge in [0.1, 0.15) is 5.92 Å². The molecule has 0 fully saturated rings. The van der Waals surface area contributed by atoms with E-state index in [1.165, 1.54) is 27.6 Å². The number of nitrogens with one attached hydrogen (secondary N) is 2. The minimum atomic E-state index is -0.482. The number of H-pyrrole nitrogens is 1. The first-order chi connectivity index (χ1) is 17.2. The van der Waals surface area contributed by atoms with Crippen LogP contribution < -0.4 is 5.48 Å². The van der Waals surface area contributed by atoms with Gasteiger partial charge in [-0.3, -0.25) is 14.9 Å². The van der Waals surface area contributed by atoms with Gasteiger partial charge in [-0.2, -0.15) is 0 Å². The Morgan fingerprint density at radius 3 is 2.37 bits per heavy atom. The lowest BCUT2D eigenvalue weighted by Gasteiger charge is -2.25. The number of aromatic amines is 1. The minimum Gasteiger partial charge on any atom is -0.361 e. The van der Waals surface area contributed by atoms with Crippen LogP contribution in [0.2, 0.25) is 0 Å². The number of carbonyl (C=O) groups excluding carboxylic acids is 1. The van der Waals surface area contributed by atoms with Gasteiger partial charge >= 0.3 is 0 Å². The molecule has 176 valence electrons. The number of rotatable bonds is 10. The van der Waals surface area contributed by atoms with E-state index in [0.29, 0.717) is 0 Å². The van der Waals surface area contributed by atoms with Crippen molar-refractivity contribution >= 4 is 16.8 Å². The fourth-order valence-electron chi connectivity index (χ4n) is 4.72. The summed E-state index contributed by atoms with van der Waals surface area (Å²) in [5, 5.41) is 10.2. The largest absolute Gasteiger partial charge is 0.361 e. The number of hydroxylamine groups is 1. The second-order valence-electron chi connectivity index (χ2n) is 9.08.